The number of aromatic nitrogens is 2. The molecule has 2 heterocycles. The fraction of sp³-hybridized carbons (Fsp3) is 0.474. The molecule has 1 aromatic carbocycles. The van der Waals surface area contributed by atoms with Crippen LogP contribution in [0.1, 0.15) is 48.5 Å². The predicted molar refractivity (Wildman–Crippen MR) is 94.9 cm³/mol. The molecule has 0 unspecified atom stereocenters. The molecule has 0 aliphatic carbocycles. The average Bonchev–Trinajstić information content (AvgIpc) is 3.14. The lowest BCUT2D eigenvalue weighted by Gasteiger charge is -2.33. The van der Waals surface area contributed by atoms with E-state index in [-0.39, 0.29) is 17.9 Å². The van der Waals surface area contributed by atoms with Gasteiger partial charge in [0.1, 0.15) is 5.82 Å². The number of hydrogen-bond acceptors (Lipinski definition) is 2. The van der Waals surface area contributed by atoms with Crippen LogP contribution < -0.4 is 5.32 Å². The van der Waals surface area contributed by atoms with Crippen molar-refractivity contribution in [2.24, 2.45) is 0 Å². The van der Waals surface area contributed by atoms with Gasteiger partial charge in [0.15, 0.2) is 0 Å². The fourth-order valence-corrected chi connectivity index (χ4v) is 3.44. The van der Waals surface area contributed by atoms with Crippen molar-refractivity contribution in [3.8, 4) is 0 Å². The summed E-state index contributed by atoms with van der Waals surface area (Å²) in [6, 6.07) is 3.80. The van der Waals surface area contributed by atoms with Gasteiger partial charge in [-0.15, -0.1) is 0 Å². The number of likely N-dealkylation sites (tertiary alicyclic amines) is 1. The van der Waals surface area contributed by atoms with E-state index in [2.05, 4.69) is 14.9 Å². The molecule has 0 spiro atoms. The van der Waals surface area contributed by atoms with Crippen molar-refractivity contribution in [2.75, 3.05) is 13.1 Å². The summed E-state index contributed by atoms with van der Waals surface area (Å²) >= 11 is 0. The molecule has 1 aliphatic heterocycles. The fourth-order valence-electron chi connectivity index (χ4n) is 3.44. The highest BCUT2D eigenvalue weighted by Crippen LogP contribution is 2.23. The van der Waals surface area contributed by atoms with E-state index in [1.54, 1.807) is 32.2 Å². The minimum atomic E-state index is -0.177. The summed E-state index contributed by atoms with van der Waals surface area (Å²) in [5.74, 6) is -0.177. The molecule has 2 aromatic rings. The van der Waals surface area contributed by atoms with Gasteiger partial charge < -0.3 is 14.8 Å². The van der Waals surface area contributed by atoms with Crippen molar-refractivity contribution < 1.29 is 9.18 Å². The van der Waals surface area contributed by atoms with Crippen LogP contribution in [0.5, 0.6) is 0 Å². The third-order valence-electron chi connectivity index (χ3n) is 5.00. The summed E-state index contributed by atoms with van der Waals surface area (Å²) < 4.78 is 15.9. The first kappa shape index (κ1) is 17.5. The van der Waals surface area contributed by atoms with E-state index in [4.69, 9.17) is 0 Å². The number of benzene rings is 1. The topological polar surface area (TPSA) is 50.2 Å². The molecule has 3 rings (SSSR count). The summed E-state index contributed by atoms with van der Waals surface area (Å²) in [6.07, 6.45) is 7.44. The third-order valence-corrected chi connectivity index (χ3v) is 5.00. The minimum Gasteiger partial charge on any atom is -0.334 e. The van der Waals surface area contributed by atoms with Crippen molar-refractivity contribution in [1.29, 1.82) is 0 Å². The highest BCUT2D eigenvalue weighted by molar-refractivity contribution is 5.74. The second-order valence-corrected chi connectivity index (χ2v) is 6.87. The van der Waals surface area contributed by atoms with Gasteiger partial charge in [0.05, 0.1) is 12.4 Å². The summed E-state index contributed by atoms with van der Waals surface area (Å²) in [5, 5.41) is 3.03. The normalized spacial score (nSPS) is 16.7. The van der Waals surface area contributed by atoms with Crippen molar-refractivity contribution in [3.05, 3.63) is 53.4 Å². The third kappa shape index (κ3) is 3.83. The van der Waals surface area contributed by atoms with E-state index < -0.39 is 0 Å². The first-order valence-electron chi connectivity index (χ1n) is 8.75. The summed E-state index contributed by atoms with van der Waals surface area (Å²) in [5.41, 5.74) is 2.15. The van der Waals surface area contributed by atoms with Crippen molar-refractivity contribution in [1.82, 2.24) is 19.8 Å². The lowest BCUT2D eigenvalue weighted by molar-refractivity contribution is 0.169. The Morgan fingerprint density at radius 3 is 2.48 bits per heavy atom. The Kier molecular flexibility index (Phi) is 5.06. The van der Waals surface area contributed by atoms with Crippen LogP contribution in [0.3, 0.4) is 0 Å². The number of rotatable bonds is 3. The Morgan fingerprint density at radius 1 is 1.28 bits per heavy atom. The lowest BCUT2D eigenvalue weighted by atomic mass is 10.0. The van der Waals surface area contributed by atoms with Crippen LogP contribution in [0.15, 0.2) is 30.9 Å². The van der Waals surface area contributed by atoms with Gasteiger partial charge in [0.2, 0.25) is 0 Å². The lowest BCUT2D eigenvalue weighted by Crippen LogP contribution is -2.45. The predicted octanol–water partition coefficient (Wildman–Crippen LogP) is 3.75. The van der Waals surface area contributed by atoms with E-state index in [1.807, 2.05) is 24.3 Å². The van der Waals surface area contributed by atoms with Gasteiger partial charge in [-0.3, -0.25) is 0 Å². The molecule has 1 N–H and O–H groups in total. The first-order valence-corrected chi connectivity index (χ1v) is 8.75. The molecule has 0 bridgehead atoms. The summed E-state index contributed by atoms with van der Waals surface area (Å²) in [6.45, 7) is 6.89. The number of nitrogens with one attached hydrogen (secondary N) is 1. The molecule has 1 saturated heterocycles. The van der Waals surface area contributed by atoms with Gasteiger partial charge in [-0.05, 0) is 50.3 Å². The van der Waals surface area contributed by atoms with E-state index in [9.17, 15) is 9.18 Å². The van der Waals surface area contributed by atoms with Crippen molar-refractivity contribution in [3.63, 3.8) is 0 Å². The number of amides is 2. The van der Waals surface area contributed by atoms with E-state index in [0.717, 1.165) is 31.5 Å². The maximum atomic E-state index is 13.8. The molecule has 1 aliphatic rings. The number of aryl methyl sites for hydroxylation is 2. The SMILES string of the molecule is Cc1cc([C@H](C)NC(=O)N2CCC(n3ccnc3)CC2)cc(C)c1F. The molecule has 1 aromatic heterocycles. The second kappa shape index (κ2) is 7.25. The zero-order chi connectivity index (χ0) is 18.0. The molecule has 1 atom stereocenters. The standard InChI is InChI=1S/C19H25FN4O/c1-13-10-16(11-14(2)18(13)20)15(3)22-19(25)23-7-4-17(5-8-23)24-9-6-21-12-24/h6,9-12,15,17H,4-5,7-8H2,1-3H3,(H,22,25)/t15-/m0/s1. The Hall–Kier alpha value is -2.37. The van der Waals surface area contributed by atoms with Gasteiger partial charge in [0, 0.05) is 31.5 Å². The maximum Gasteiger partial charge on any atom is 0.317 e. The molecule has 0 radical (unpaired) electrons. The van der Waals surface area contributed by atoms with Gasteiger partial charge in [-0.1, -0.05) is 12.1 Å². The molecule has 1 fully saturated rings. The molecule has 0 saturated carbocycles. The first-order chi connectivity index (χ1) is 12.0. The molecule has 2 amide bonds. The monoisotopic (exact) mass is 344 g/mol. The summed E-state index contributed by atoms with van der Waals surface area (Å²) in [7, 11) is 0. The Labute approximate surface area is 147 Å². The zero-order valence-corrected chi connectivity index (χ0v) is 15.0. The summed E-state index contributed by atoms with van der Waals surface area (Å²) in [4.78, 5) is 18.5. The molecule has 25 heavy (non-hydrogen) atoms. The molecule has 134 valence electrons. The van der Waals surface area contributed by atoms with Gasteiger partial charge in [0.25, 0.3) is 0 Å². The molecule has 5 nitrogen and oxygen atoms in total. The minimum absolute atomic E-state index is 0.0591. The number of piperidine rings is 1. The van der Waals surface area contributed by atoms with Crippen LogP contribution in [0.2, 0.25) is 0 Å². The van der Waals surface area contributed by atoms with Crippen LogP contribution in [-0.4, -0.2) is 33.6 Å². The molecular formula is C19H25FN4O. The van der Waals surface area contributed by atoms with Crippen LogP contribution in [0.4, 0.5) is 9.18 Å². The number of imidazole rings is 1. The Morgan fingerprint density at radius 2 is 1.92 bits per heavy atom. The van der Waals surface area contributed by atoms with Crippen LogP contribution >= 0.6 is 0 Å². The number of urea groups is 1. The Balaban J connectivity index is 1.57. The van der Waals surface area contributed by atoms with Crippen LogP contribution in [0.25, 0.3) is 0 Å². The zero-order valence-electron chi connectivity index (χ0n) is 15.0. The number of nitrogens with zero attached hydrogens (tertiary/aromatic N) is 3. The highest BCUT2D eigenvalue weighted by Gasteiger charge is 2.24. The average molecular weight is 344 g/mol. The van der Waals surface area contributed by atoms with E-state index in [0.29, 0.717) is 17.2 Å². The molecule has 6 heteroatoms. The van der Waals surface area contributed by atoms with Crippen LogP contribution in [-0.2, 0) is 0 Å². The van der Waals surface area contributed by atoms with Crippen molar-refractivity contribution in [2.45, 2.75) is 45.7 Å². The smallest absolute Gasteiger partial charge is 0.317 e. The van der Waals surface area contributed by atoms with Crippen molar-refractivity contribution >= 4 is 6.03 Å². The van der Waals surface area contributed by atoms with Gasteiger partial charge in [-0.25, -0.2) is 14.2 Å². The van der Waals surface area contributed by atoms with E-state index in [1.165, 1.54) is 0 Å². The molecular weight excluding hydrogens is 319 g/mol. The number of halogens is 1. The van der Waals surface area contributed by atoms with E-state index >= 15 is 0 Å². The Bertz CT molecular complexity index is 713. The number of hydrogen-bond donors (Lipinski definition) is 1. The number of carbonyl (C=O) groups excluding carboxylic acids is 1. The van der Waals surface area contributed by atoms with Crippen LogP contribution in [0, 0.1) is 19.7 Å². The second-order valence-electron chi connectivity index (χ2n) is 6.87. The largest absolute Gasteiger partial charge is 0.334 e. The number of carbonyl (C=O) groups is 1. The van der Waals surface area contributed by atoms with Gasteiger partial charge in [-0.2, -0.15) is 0 Å². The highest BCUT2D eigenvalue weighted by atomic mass is 19.1. The maximum absolute atomic E-state index is 13.8. The van der Waals surface area contributed by atoms with Gasteiger partial charge >= 0.3 is 6.03 Å². The quantitative estimate of drug-likeness (QED) is 0.922.